The number of unbranched alkanes of at least 4 members (excludes halogenated alkanes) is 1. The van der Waals surface area contributed by atoms with E-state index in [2.05, 4.69) is 4.98 Å². The molecule has 0 fully saturated rings. The number of benzene rings is 1. The van der Waals surface area contributed by atoms with Crippen molar-refractivity contribution in [2.45, 2.75) is 26.3 Å². The van der Waals surface area contributed by atoms with Crippen molar-refractivity contribution in [3.8, 4) is 0 Å². The lowest BCUT2D eigenvalue weighted by Gasteiger charge is -2.07. The summed E-state index contributed by atoms with van der Waals surface area (Å²) >= 11 is 1.21. The van der Waals surface area contributed by atoms with Crippen LogP contribution < -0.4 is 5.56 Å². The van der Waals surface area contributed by atoms with Crippen LogP contribution in [0.1, 0.15) is 46.0 Å². The van der Waals surface area contributed by atoms with Crippen LogP contribution in [0.2, 0.25) is 0 Å². The maximum Gasteiger partial charge on any atom is 0.339 e. The number of ether oxygens (including phenoxy) is 1. The molecule has 0 aliphatic carbocycles. The Morgan fingerprint density at radius 1 is 1.33 bits per heavy atom. The van der Waals surface area contributed by atoms with E-state index < -0.39 is 11.9 Å². The van der Waals surface area contributed by atoms with Gasteiger partial charge in [-0.1, -0.05) is 25.5 Å². The summed E-state index contributed by atoms with van der Waals surface area (Å²) in [6, 6.07) is 6.35. The van der Waals surface area contributed by atoms with Gasteiger partial charge in [-0.3, -0.25) is 9.36 Å². The molecule has 7 nitrogen and oxygen atoms in total. The first-order valence-corrected chi connectivity index (χ1v) is 9.35. The van der Waals surface area contributed by atoms with Gasteiger partial charge in [-0.25, -0.2) is 14.6 Å². The van der Waals surface area contributed by atoms with Gasteiger partial charge in [0.1, 0.15) is 4.83 Å². The van der Waals surface area contributed by atoms with Crippen molar-refractivity contribution in [3.05, 3.63) is 63.0 Å². The lowest BCUT2D eigenvalue weighted by Crippen LogP contribution is -2.22. The van der Waals surface area contributed by atoms with Crippen LogP contribution in [0.15, 0.2) is 40.8 Å². The molecule has 0 atom stereocenters. The van der Waals surface area contributed by atoms with E-state index in [0.717, 1.165) is 12.8 Å². The van der Waals surface area contributed by atoms with Crippen LogP contribution in [-0.4, -0.2) is 33.2 Å². The number of esters is 1. The Morgan fingerprint density at radius 2 is 2.15 bits per heavy atom. The fourth-order valence-electron chi connectivity index (χ4n) is 2.62. The second-order valence-corrected chi connectivity index (χ2v) is 6.86. The number of hydrogen-bond acceptors (Lipinski definition) is 6. The first-order chi connectivity index (χ1) is 13.0. The van der Waals surface area contributed by atoms with Gasteiger partial charge in [-0.05, 0) is 24.1 Å². The Morgan fingerprint density at radius 3 is 2.89 bits per heavy atom. The van der Waals surface area contributed by atoms with Crippen molar-refractivity contribution in [1.29, 1.82) is 0 Å². The van der Waals surface area contributed by atoms with Crippen LogP contribution in [0.4, 0.5) is 0 Å². The van der Waals surface area contributed by atoms with Gasteiger partial charge in [-0.2, -0.15) is 0 Å². The van der Waals surface area contributed by atoms with Gasteiger partial charge < -0.3 is 9.84 Å². The number of nitrogens with zero attached hydrogens (tertiary/aromatic N) is 2. The molecule has 0 aliphatic rings. The van der Waals surface area contributed by atoms with Crippen LogP contribution in [-0.2, 0) is 11.3 Å². The molecule has 3 rings (SSSR count). The van der Waals surface area contributed by atoms with Gasteiger partial charge in [-0.15, -0.1) is 11.3 Å². The molecule has 2 aromatic heterocycles. The molecule has 0 saturated heterocycles. The predicted molar refractivity (Wildman–Crippen MR) is 102 cm³/mol. The highest BCUT2D eigenvalue weighted by Gasteiger charge is 2.18. The zero-order valence-corrected chi connectivity index (χ0v) is 15.5. The number of carboxylic acid groups (broad SMARTS) is 1. The summed E-state index contributed by atoms with van der Waals surface area (Å²) in [7, 11) is 0. The Hall–Kier alpha value is -3.00. The molecule has 140 valence electrons. The van der Waals surface area contributed by atoms with Crippen molar-refractivity contribution in [3.63, 3.8) is 0 Å². The summed E-state index contributed by atoms with van der Waals surface area (Å²) in [6.45, 7) is 2.46. The first-order valence-electron chi connectivity index (χ1n) is 8.47. The van der Waals surface area contributed by atoms with E-state index in [1.54, 1.807) is 17.5 Å². The SMILES string of the molecule is CCCCOC(=O)c1csc2ncn(Cc3cccc(C(=O)O)c3)c(=O)c12. The van der Waals surface area contributed by atoms with E-state index >= 15 is 0 Å². The average Bonchev–Trinajstić information content (AvgIpc) is 3.09. The molecular formula is C19H18N2O5S. The maximum absolute atomic E-state index is 12.9. The van der Waals surface area contributed by atoms with Crippen molar-refractivity contribution < 1.29 is 19.4 Å². The summed E-state index contributed by atoms with van der Waals surface area (Å²) in [5.41, 5.74) is 0.660. The third-order valence-corrected chi connectivity index (χ3v) is 4.92. The highest BCUT2D eigenvalue weighted by Crippen LogP contribution is 2.22. The van der Waals surface area contributed by atoms with Crippen LogP contribution in [0.5, 0.6) is 0 Å². The van der Waals surface area contributed by atoms with Crippen molar-refractivity contribution in [1.82, 2.24) is 9.55 Å². The molecule has 0 radical (unpaired) electrons. The quantitative estimate of drug-likeness (QED) is 0.495. The van der Waals surface area contributed by atoms with Gasteiger partial charge in [0.05, 0.1) is 36.0 Å². The average molecular weight is 386 g/mol. The van der Waals surface area contributed by atoms with Gasteiger partial charge in [0.2, 0.25) is 0 Å². The van der Waals surface area contributed by atoms with Gasteiger partial charge in [0, 0.05) is 5.38 Å². The summed E-state index contributed by atoms with van der Waals surface area (Å²) in [6.07, 6.45) is 3.07. The predicted octanol–water partition coefficient (Wildman–Crippen LogP) is 3.16. The molecule has 1 aromatic carbocycles. The van der Waals surface area contributed by atoms with Crippen LogP contribution >= 0.6 is 11.3 Å². The summed E-state index contributed by atoms with van der Waals surface area (Å²) < 4.78 is 6.58. The highest BCUT2D eigenvalue weighted by atomic mass is 32.1. The third-order valence-electron chi connectivity index (χ3n) is 4.04. The van der Waals surface area contributed by atoms with Crippen LogP contribution in [0, 0.1) is 0 Å². The molecule has 3 aromatic rings. The lowest BCUT2D eigenvalue weighted by atomic mass is 10.1. The Balaban J connectivity index is 1.94. The monoisotopic (exact) mass is 386 g/mol. The molecule has 0 spiro atoms. The van der Waals surface area contributed by atoms with Gasteiger partial charge in [0.25, 0.3) is 5.56 Å². The van der Waals surface area contributed by atoms with E-state index in [1.807, 2.05) is 6.92 Å². The Kier molecular flexibility index (Phi) is 5.66. The number of aromatic nitrogens is 2. The molecule has 1 N–H and O–H groups in total. The van der Waals surface area contributed by atoms with Crippen molar-refractivity contribution in [2.75, 3.05) is 6.61 Å². The molecule has 8 heteroatoms. The third kappa shape index (κ3) is 4.06. The molecule has 0 unspecified atom stereocenters. The van der Waals surface area contributed by atoms with Crippen molar-refractivity contribution >= 4 is 33.5 Å². The zero-order valence-electron chi connectivity index (χ0n) is 14.7. The molecular weight excluding hydrogens is 368 g/mol. The highest BCUT2D eigenvalue weighted by molar-refractivity contribution is 7.17. The summed E-state index contributed by atoms with van der Waals surface area (Å²) in [4.78, 5) is 41.0. The summed E-state index contributed by atoms with van der Waals surface area (Å²) in [5, 5.41) is 10.9. The minimum absolute atomic E-state index is 0.144. The van der Waals surface area contributed by atoms with Gasteiger partial charge in [0.15, 0.2) is 0 Å². The second-order valence-electron chi connectivity index (χ2n) is 6.00. The molecule has 0 amide bonds. The minimum atomic E-state index is -1.03. The van der Waals surface area contributed by atoms with E-state index in [-0.39, 0.29) is 28.6 Å². The Bertz CT molecular complexity index is 1050. The number of rotatable bonds is 7. The number of fused-ring (bicyclic) bond motifs is 1. The van der Waals surface area contributed by atoms with Crippen LogP contribution in [0.25, 0.3) is 10.2 Å². The van der Waals surface area contributed by atoms with Gasteiger partial charge >= 0.3 is 11.9 Å². The fraction of sp³-hybridized carbons (Fsp3) is 0.263. The van der Waals surface area contributed by atoms with Crippen molar-refractivity contribution in [2.24, 2.45) is 0 Å². The smallest absolute Gasteiger partial charge is 0.339 e. The fourth-order valence-corrected chi connectivity index (χ4v) is 3.48. The molecule has 0 saturated carbocycles. The molecule has 27 heavy (non-hydrogen) atoms. The Labute approximate surface area is 158 Å². The number of carbonyl (C=O) groups excluding carboxylic acids is 1. The maximum atomic E-state index is 12.9. The number of carbonyl (C=O) groups is 2. The number of thiophene rings is 1. The van der Waals surface area contributed by atoms with Crippen LogP contribution in [0.3, 0.4) is 0 Å². The minimum Gasteiger partial charge on any atom is -0.478 e. The second kappa shape index (κ2) is 8.13. The largest absolute Gasteiger partial charge is 0.478 e. The van der Waals surface area contributed by atoms with E-state index in [9.17, 15) is 14.4 Å². The van der Waals surface area contributed by atoms with E-state index in [1.165, 1.54) is 34.4 Å². The topological polar surface area (TPSA) is 98.5 Å². The van der Waals surface area contributed by atoms with E-state index in [4.69, 9.17) is 9.84 Å². The standard InChI is InChI=1S/C19H18N2O5S/c1-2-3-7-26-19(25)14-10-27-16-15(14)17(22)21(11-20-16)9-12-5-4-6-13(8-12)18(23)24/h4-6,8,10-11H,2-3,7,9H2,1H3,(H,23,24). The molecule has 2 heterocycles. The zero-order chi connectivity index (χ0) is 19.4. The summed E-state index contributed by atoms with van der Waals surface area (Å²) in [5.74, 6) is -1.56. The number of hydrogen-bond donors (Lipinski definition) is 1. The molecule has 0 aliphatic heterocycles. The normalized spacial score (nSPS) is 10.9. The lowest BCUT2D eigenvalue weighted by molar-refractivity contribution is 0.0502. The number of carboxylic acids is 1. The molecule has 0 bridgehead atoms. The van der Waals surface area contributed by atoms with E-state index in [0.29, 0.717) is 17.0 Å². The number of aromatic carboxylic acids is 1. The first kappa shape index (κ1) is 18.8.